The molecule has 2 aromatic rings. The van der Waals surface area contributed by atoms with E-state index in [1.807, 2.05) is 26.0 Å². The molecule has 37 heavy (non-hydrogen) atoms. The fourth-order valence-electron chi connectivity index (χ4n) is 6.19. The summed E-state index contributed by atoms with van der Waals surface area (Å²) in [5.74, 6) is -0.429. The average Bonchev–Trinajstić information content (AvgIpc) is 3.54. The number of benzene rings is 1. The van der Waals surface area contributed by atoms with Gasteiger partial charge in [0.25, 0.3) is 5.91 Å². The van der Waals surface area contributed by atoms with Crippen molar-refractivity contribution in [1.29, 1.82) is 0 Å². The van der Waals surface area contributed by atoms with Crippen molar-refractivity contribution in [2.45, 2.75) is 64.6 Å². The molecule has 1 aliphatic carbocycles. The van der Waals surface area contributed by atoms with Crippen molar-refractivity contribution in [3.8, 4) is 0 Å². The Morgan fingerprint density at radius 3 is 2.32 bits per heavy atom. The minimum Gasteiger partial charge on any atom is -0.449 e. The van der Waals surface area contributed by atoms with Crippen molar-refractivity contribution >= 4 is 17.7 Å². The van der Waals surface area contributed by atoms with Crippen molar-refractivity contribution in [2.24, 2.45) is 11.8 Å². The number of ether oxygens (including phenoxy) is 1. The zero-order valence-corrected chi connectivity index (χ0v) is 21.8. The molecule has 3 aliphatic rings. The van der Waals surface area contributed by atoms with Crippen LogP contribution in [0.5, 0.6) is 0 Å². The molecule has 2 fully saturated rings. The van der Waals surface area contributed by atoms with Crippen molar-refractivity contribution < 1.29 is 23.5 Å². The topological polar surface area (TPSA) is 105 Å². The molecule has 198 valence electrons. The molecular weight excluding hydrogens is 472 g/mol. The lowest BCUT2D eigenvalue weighted by molar-refractivity contribution is -0.163. The van der Waals surface area contributed by atoms with Crippen LogP contribution in [-0.2, 0) is 32.0 Å². The quantitative estimate of drug-likeness (QED) is 0.616. The third-order valence-electron chi connectivity index (χ3n) is 8.19. The van der Waals surface area contributed by atoms with Crippen LogP contribution in [0.4, 0.5) is 0 Å². The maximum absolute atomic E-state index is 14.4. The highest BCUT2D eigenvalue weighted by Crippen LogP contribution is 2.37. The lowest BCUT2D eigenvalue weighted by Crippen LogP contribution is -2.69. The second-order valence-electron chi connectivity index (χ2n) is 10.3. The van der Waals surface area contributed by atoms with Gasteiger partial charge in [-0.15, -0.1) is 0 Å². The number of nitrogens with one attached hydrogen (secondary N) is 1. The molecule has 5 rings (SSSR count). The van der Waals surface area contributed by atoms with Crippen molar-refractivity contribution in [1.82, 2.24) is 20.1 Å². The van der Waals surface area contributed by atoms with Crippen LogP contribution in [-0.4, -0.2) is 70.9 Å². The Morgan fingerprint density at radius 1 is 1.11 bits per heavy atom. The summed E-state index contributed by atoms with van der Waals surface area (Å²) in [6.45, 7) is 7.47. The van der Waals surface area contributed by atoms with Crippen molar-refractivity contribution in [3.63, 3.8) is 0 Å². The second-order valence-corrected chi connectivity index (χ2v) is 10.3. The standard InChI is InChI=1S/C28H36N4O5/c1-4-18(5-2)24-26(33)30-23(21-14-19-8-6-7-9-20(19)15-21)27(34)32(24)25(22-16-37-17(3)29-22)28(35)31-10-12-36-13-11-31/h6-9,16,18,21,23-25H,4-5,10-15H2,1-3H3,(H,30,33)/t23?,24?,25-/m1/s1. The number of morpholine rings is 1. The van der Waals surface area contributed by atoms with E-state index < -0.39 is 18.1 Å². The predicted molar refractivity (Wildman–Crippen MR) is 135 cm³/mol. The number of amides is 3. The summed E-state index contributed by atoms with van der Waals surface area (Å²) in [5.41, 5.74) is 2.77. The molecule has 0 bridgehead atoms. The lowest BCUT2D eigenvalue weighted by atomic mass is 9.84. The van der Waals surface area contributed by atoms with E-state index in [4.69, 9.17) is 9.15 Å². The van der Waals surface area contributed by atoms with Crippen LogP contribution in [0.1, 0.15) is 55.4 Å². The van der Waals surface area contributed by atoms with E-state index in [2.05, 4.69) is 22.4 Å². The molecule has 0 radical (unpaired) electrons. The molecule has 0 saturated carbocycles. The molecule has 3 amide bonds. The van der Waals surface area contributed by atoms with Crippen LogP contribution in [0.2, 0.25) is 0 Å². The van der Waals surface area contributed by atoms with Crippen LogP contribution < -0.4 is 5.32 Å². The van der Waals surface area contributed by atoms with E-state index in [1.54, 1.807) is 16.7 Å². The van der Waals surface area contributed by atoms with E-state index in [0.29, 0.717) is 63.6 Å². The number of carbonyl (C=O) groups excluding carboxylic acids is 3. The van der Waals surface area contributed by atoms with Gasteiger partial charge in [-0.1, -0.05) is 51.0 Å². The molecular formula is C28H36N4O5. The van der Waals surface area contributed by atoms with E-state index in [0.717, 1.165) is 0 Å². The van der Waals surface area contributed by atoms with Gasteiger partial charge in [-0.2, -0.15) is 0 Å². The fourth-order valence-corrected chi connectivity index (χ4v) is 6.19. The highest BCUT2D eigenvalue weighted by molar-refractivity contribution is 6.00. The van der Waals surface area contributed by atoms with Gasteiger partial charge >= 0.3 is 0 Å². The van der Waals surface area contributed by atoms with E-state index in [-0.39, 0.29) is 29.6 Å². The Labute approximate surface area is 217 Å². The first-order chi connectivity index (χ1) is 17.9. The molecule has 1 N–H and O–H groups in total. The molecule has 1 aromatic carbocycles. The fraction of sp³-hybridized carbons (Fsp3) is 0.571. The molecule has 2 saturated heterocycles. The summed E-state index contributed by atoms with van der Waals surface area (Å²) in [7, 11) is 0. The number of aromatic nitrogens is 1. The monoisotopic (exact) mass is 508 g/mol. The maximum Gasteiger partial charge on any atom is 0.251 e. The molecule has 3 heterocycles. The first kappa shape index (κ1) is 25.4. The minimum absolute atomic E-state index is 0.0720. The largest absolute Gasteiger partial charge is 0.449 e. The van der Waals surface area contributed by atoms with Gasteiger partial charge in [-0.3, -0.25) is 14.4 Å². The van der Waals surface area contributed by atoms with Gasteiger partial charge < -0.3 is 24.3 Å². The Kier molecular flexibility index (Phi) is 7.33. The van der Waals surface area contributed by atoms with Crippen molar-refractivity contribution in [2.75, 3.05) is 26.3 Å². The molecule has 2 unspecified atom stereocenters. The minimum atomic E-state index is -1.04. The number of fused-ring (bicyclic) bond motifs is 1. The molecule has 0 spiro atoms. The summed E-state index contributed by atoms with van der Waals surface area (Å²) in [5, 5.41) is 3.08. The Bertz CT molecular complexity index is 1130. The Hall–Kier alpha value is -3.20. The van der Waals surface area contributed by atoms with E-state index in [9.17, 15) is 14.4 Å². The second kappa shape index (κ2) is 10.7. The van der Waals surface area contributed by atoms with E-state index >= 15 is 0 Å². The number of carbonyl (C=O) groups is 3. The summed E-state index contributed by atoms with van der Waals surface area (Å²) in [6, 6.07) is 5.65. The Morgan fingerprint density at radius 2 is 1.76 bits per heavy atom. The van der Waals surface area contributed by atoms with Crippen LogP contribution in [0.25, 0.3) is 0 Å². The van der Waals surface area contributed by atoms with Gasteiger partial charge in [0.05, 0.1) is 13.2 Å². The average molecular weight is 509 g/mol. The van der Waals surface area contributed by atoms with E-state index in [1.165, 1.54) is 17.4 Å². The molecule has 9 nitrogen and oxygen atoms in total. The summed E-state index contributed by atoms with van der Waals surface area (Å²) in [4.78, 5) is 50.0. The number of hydrogen-bond acceptors (Lipinski definition) is 6. The summed E-state index contributed by atoms with van der Waals surface area (Å²) in [6.07, 6.45) is 4.27. The molecule has 3 atom stereocenters. The number of hydrogen-bond donors (Lipinski definition) is 1. The first-order valence-electron chi connectivity index (χ1n) is 13.4. The maximum atomic E-state index is 14.4. The van der Waals surface area contributed by atoms with Gasteiger partial charge in [0.2, 0.25) is 11.8 Å². The number of rotatable bonds is 7. The van der Waals surface area contributed by atoms with Gasteiger partial charge in [-0.25, -0.2) is 4.98 Å². The van der Waals surface area contributed by atoms with Gasteiger partial charge in [0, 0.05) is 20.0 Å². The van der Waals surface area contributed by atoms with Crippen LogP contribution in [0.3, 0.4) is 0 Å². The number of oxazole rings is 1. The van der Waals surface area contributed by atoms with Crippen molar-refractivity contribution in [3.05, 3.63) is 53.2 Å². The van der Waals surface area contributed by atoms with Gasteiger partial charge in [0.15, 0.2) is 11.9 Å². The lowest BCUT2D eigenvalue weighted by Gasteiger charge is -2.47. The molecule has 2 aliphatic heterocycles. The zero-order chi connectivity index (χ0) is 26.1. The predicted octanol–water partition coefficient (Wildman–Crippen LogP) is 2.43. The number of aryl methyl sites for hydroxylation is 1. The highest BCUT2D eigenvalue weighted by Gasteiger charge is 2.52. The van der Waals surface area contributed by atoms with Crippen LogP contribution >= 0.6 is 0 Å². The normalized spacial score (nSPS) is 23.4. The Balaban J connectivity index is 1.56. The van der Waals surface area contributed by atoms with Gasteiger partial charge in [0.1, 0.15) is 24.0 Å². The first-order valence-corrected chi connectivity index (χ1v) is 13.4. The summed E-state index contributed by atoms with van der Waals surface area (Å²) >= 11 is 0. The number of piperazine rings is 1. The zero-order valence-electron chi connectivity index (χ0n) is 21.8. The molecule has 1 aromatic heterocycles. The third kappa shape index (κ3) is 4.77. The van der Waals surface area contributed by atoms with Crippen LogP contribution in [0, 0.1) is 18.8 Å². The van der Waals surface area contributed by atoms with Gasteiger partial charge in [-0.05, 0) is 35.8 Å². The smallest absolute Gasteiger partial charge is 0.251 e. The highest BCUT2D eigenvalue weighted by atomic mass is 16.5. The third-order valence-corrected chi connectivity index (χ3v) is 8.19. The van der Waals surface area contributed by atoms with Crippen LogP contribution in [0.15, 0.2) is 34.9 Å². The summed E-state index contributed by atoms with van der Waals surface area (Å²) < 4.78 is 11.0. The SMILES string of the molecule is CCC(CC)C1C(=O)NC(C2Cc3ccccc3C2)C(=O)N1[C@@H](C(=O)N1CCOCC1)c1coc(C)n1. The molecule has 9 heteroatoms. The number of nitrogens with zero attached hydrogens (tertiary/aromatic N) is 3.